The van der Waals surface area contributed by atoms with Crippen molar-refractivity contribution in [1.82, 2.24) is 0 Å². The Balaban J connectivity index is 2.27. The molecule has 3 nitrogen and oxygen atoms in total. The van der Waals surface area contributed by atoms with Crippen LogP contribution in [0.25, 0.3) is 0 Å². The summed E-state index contributed by atoms with van der Waals surface area (Å²) in [4.78, 5) is 0. The van der Waals surface area contributed by atoms with Gasteiger partial charge in [0.1, 0.15) is 0 Å². The minimum absolute atomic E-state index is 0.472. The van der Waals surface area contributed by atoms with Crippen molar-refractivity contribution < 1.29 is 27.4 Å². The molecule has 0 aliphatic carbocycles. The Morgan fingerprint density at radius 3 is 2.15 bits per heavy atom. The minimum Gasteiger partial charge on any atom is -0.493 e. The number of benzene rings is 1. The Bertz CT molecular complexity index is 497. The lowest BCUT2D eigenvalue weighted by molar-refractivity contribution is -0.351. The Labute approximate surface area is 115 Å². The normalized spacial score (nSPS) is 24.9. The third kappa shape index (κ3) is 2.32. The first-order valence-corrected chi connectivity index (χ1v) is 6.16. The molecule has 0 spiro atoms. The zero-order chi connectivity index (χ0) is 15.1. The van der Waals surface area contributed by atoms with Crippen LogP contribution in [-0.2, 0) is 4.74 Å². The van der Waals surface area contributed by atoms with Crippen molar-refractivity contribution in [2.24, 2.45) is 5.41 Å². The number of hydrogen-bond acceptors (Lipinski definition) is 3. The second-order valence-corrected chi connectivity index (χ2v) is 5.37. The highest BCUT2D eigenvalue weighted by atomic mass is 19.4. The first-order chi connectivity index (χ1) is 9.21. The highest BCUT2D eigenvalue weighted by Gasteiger charge is 2.62. The monoisotopic (exact) mass is 290 g/mol. The number of methoxy groups -OCH3 is 2. The predicted molar refractivity (Wildman–Crippen MR) is 67.0 cm³/mol. The second kappa shape index (κ2) is 4.84. The Kier molecular flexibility index (Phi) is 3.62. The SMILES string of the molecule is COc1ccc(C2OC(C(F)(F)F)C2(C)C)cc1OC. The van der Waals surface area contributed by atoms with E-state index in [-0.39, 0.29) is 0 Å². The molecule has 0 N–H and O–H groups in total. The first-order valence-electron chi connectivity index (χ1n) is 6.16. The molecule has 2 unspecified atom stereocenters. The van der Waals surface area contributed by atoms with E-state index in [4.69, 9.17) is 14.2 Å². The van der Waals surface area contributed by atoms with Crippen molar-refractivity contribution in [3.05, 3.63) is 23.8 Å². The maximum atomic E-state index is 12.8. The maximum absolute atomic E-state index is 12.8. The van der Waals surface area contributed by atoms with Gasteiger partial charge in [0.05, 0.1) is 20.3 Å². The van der Waals surface area contributed by atoms with E-state index < -0.39 is 23.8 Å². The number of alkyl halides is 3. The number of ether oxygens (including phenoxy) is 3. The van der Waals surface area contributed by atoms with Gasteiger partial charge in [-0.1, -0.05) is 19.9 Å². The zero-order valence-electron chi connectivity index (χ0n) is 11.7. The molecule has 0 radical (unpaired) electrons. The molecule has 2 atom stereocenters. The molecule has 6 heteroatoms. The van der Waals surface area contributed by atoms with Crippen LogP contribution in [0.4, 0.5) is 13.2 Å². The van der Waals surface area contributed by atoms with Gasteiger partial charge in [0.15, 0.2) is 17.6 Å². The molecule has 1 heterocycles. The average molecular weight is 290 g/mol. The van der Waals surface area contributed by atoms with E-state index in [9.17, 15) is 13.2 Å². The third-order valence-electron chi connectivity index (χ3n) is 3.63. The minimum atomic E-state index is -4.35. The lowest BCUT2D eigenvalue weighted by atomic mass is 9.72. The molecule has 1 aromatic rings. The quantitative estimate of drug-likeness (QED) is 0.849. The van der Waals surface area contributed by atoms with Gasteiger partial charge in [-0.3, -0.25) is 0 Å². The van der Waals surface area contributed by atoms with E-state index in [0.29, 0.717) is 17.1 Å². The molecule has 1 fully saturated rings. The largest absolute Gasteiger partial charge is 0.493 e. The van der Waals surface area contributed by atoms with Crippen LogP contribution in [0.5, 0.6) is 11.5 Å². The van der Waals surface area contributed by atoms with Crippen LogP contribution >= 0.6 is 0 Å². The van der Waals surface area contributed by atoms with E-state index in [1.54, 1.807) is 32.0 Å². The van der Waals surface area contributed by atoms with Crippen molar-refractivity contribution in [1.29, 1.82) is 0 Å². The number of halogens is 3. The fraction of sp³-hybridized carbons (Fsp3) is 0.571. The van der Waals surface area contributed by atoms with E-state index in [0.717, 1.165) is 0 Å². The molecule has 0 saturated carbocycles. The summed E-state index contributed by atoms with van der Waals surface area (Å²) in [5.41, 5.74) is -0.370. The Morgan fingerprint density at radius 2 is 1.70 bits per heavy atom. The topological polar surface area (TPSA) is 27.7 Å². The van der Waals surface area contributed by atoms with Gasteiger partial charge in [-0.05, 0) is 17.7 Å². The van der Waals surface area contributed by atoms with Gasteiger partial charge in [0.2, 0.25) is 0 Å². The standard InChI is InChI=1S/C14H17F3O3/c1-13(2)11(20-12(13)14(15,16)17)8-5-6-9(18-3)10(7-8)19-4/h5-7,11-12H,1-4H3. The summed E-state index contributed by atoms with van der Waals surface area (Å²) >= 11 is 0. The first kappa shape index (κ1) is 15.0. The summed E-state index contributed by atoms with van der Waals surface area (Å²) in [5.74, 6) is 1.00. The summed E-state index contributed by atoms with van der Waals surface area (Å²) in [6.45, 7) is 3.10. The van der Waals surface area contributed by atoms with Gasteiger partial charge < -0.3 is 14.2 Å². The molecular formula is C14H17F3O3. The number of hydrogen-bond donors (Lipinski definition) is 0. The lowest BCUT2D eigenvalue weighted by Gasteiger charge is -2.52. The van der Waals surface area contributed by atoms with Gasteiger partial charge in [-0.25, -0.2) is 0 Å². The summed E-state index contributed by atoms with van der Waals surface area (Å²) in [6, 6.07) is 5.01. The summed E-state index contributed by atoms with van der Waals surface area (Å²) in [5, 5.41) is 0. The van der Waals surface area contributed by atoms with Crippen LogP contribution in [0.1, 0.15) is 25.5 Å². The molecule has 1 aliphatic heterocycles. The van der Waals surface area contributed by atoms with E-state index in [1.165, 1.54) is 14.2 Å². The van der Waals surface area contributed by atoms with Crippen molar-refractivity contribution in [3.8, 4) is 11.5 Å². The van der Waals surface area contributed by atoms with Crippen LogP contribution in [0.3, 0.4) is 0 Å². The fourth-order valence-corrected chi connectivity index (χ4v) is 2.57. The summed E-state index contributed by atoms with van der Waals surface area (Å²) < 4.78 is 53.7. The zero-order valence-corrected chi connectivity index (χ0v) is 11.7. The van der Waals surface area contributed by atoms with Gasteiger partial charge >= 0.3 is 6.18 Å². The molecular weight excluding hydrogens is 273 g/mol. The molecule has 0 bridgehead atoms. The summed E-state index contributed by atoms with van der Waals surface area (Å²) in [7, 11) is 2.98. The molecule has 1 aromatic carbocycles. The van der Waals surface area contributed by atoms with Gasteiger partial charge in [-0.2, -0.15) is 13.2 Å². The van der Waals surface area contributed by atoms with E-state index >= 15 is 0 Å². The molecule has 1 saturated heterocycles. The smallest absolute Gasteiger partial charge is 0.415 e. The molecule has 20 heavy (non-hydrogen) atoms. The highest BCUT2D eigenvalue weighted by molar-refractivity contribution is 5.44. The number of rotatable bonds is 3. The van der Waals surface area contributed by atoms with Crippen molar-refractivity contribution >= 4 is 0 Å². The van der Waals surface area contributed by atoms with Crippen molar-refractivity contribution in [2.75, 3.05) is 14.2 Å². The fourth-order valence-electron chi connectivity index (χ4n) is 2.57. The summed E-state index contributed by atoms with van der Waals surface area (Å²) in [6.07, 6.45) is -6.71. The highest BCUT2D eigenvalue weighted by Crippen LogP contribution is 2.56. The lowest BCUT2D eigenvalue weighted by Crippen LogP contribution is -2.57. The van der Waals surface area contributed by atoms with Crippen LogP contribution in [0.2, 0.25) is 0 Å². The molecule has 1 aliphatic rings. The molecule has 0 aromatic heterocycles. The van der Waals surface area contributed by atoms with E-state index in [1.807, 2.05) is 0 Å². The van der Waals surface area contributed by atoms with Gasteiger partial charge in [0, 0.05) is 5.41 Å². The van der Waals surface area contributed by atoms with Crippen LogP contribution in [0, 0.1) is 5.41 Å². The van der Waals surface area contributed by atoms with Crippen LogP contribution in [0.15, 0.2) is 18.2 Å². The van der Waals surface area contributed by atoms with Gasteiger partial charge in [-0.15, -0.1) is 0 Å². The molecule has 2 rings (SSSR count). The average Bonchev–Trinajstić information content (AvgIpc) is 2.35. The predicted octanol–water partition coefficient (Wildman–Crippen LogP) is 3.73. The Hall–Kier alpha value is -1.43. The van der Waals surface area contributed by atoms with Crippen LogP contribution in [-0.4, -0.2) is 26.5 Å². The van der Waals surface area contributed by atoms with E-state index in [2.05, 4.69) is 0 Å². The Morgan fingerprint density at radius 1 is 1.10 bits per heavy atom. The maximum Gasteiger partial charge on any atom is 0.415 e. The van der Waals surface area contributed by atoms with Crippen LogP contribution < -0.4 is 9.47 Å². The third-order valence-corrected chi connectivity index (χ3v) is 3.63. The second-order valence-electron chi connectivity index (χ2n) is 5.37. The van der Waals surface area contributed by atoms with Gasteiger partial charge in [0.25, 0.3) is 0 Å². The molecule has 0 amide bonds. The molecule has 112 valence electrons. The van der Waals surface area contributed by atoms with Crippen molar-refractivity contribution in [3.63, 3.8) is 0 Å². The van der Waals surface area contributed by atoms with Crippen molar-refractivity contribution in [2.45, 2.75) is 32.2 Å².